The van der Waals surface area contributed by atoms with E-state index in [4.69, 9.17) is 0 Å². The highest BCUT2D eigenvalue weighted by Crippen LogP contribution is 2.48. The van der Waals surface area contributed by atoms with Crippen molar-refractivity contribution in [3.63, 3.8) is 0 Å². The Hall–Kier alpha value is -6.90. The van der Waals surface area contributed by atoms with Crippen molar-refractivity contribution in [2.24, 2.45) is 0 Å². The van der Waals surface area contributed by atoms with Crippen LogP contribution in [0.5, 0.6) is 0 Å². The molecule has 0 aliphatic carbocycles. The maximum Gasteiger partial charge on any atom is 0.0789 e. The Morgan fingerprint density at radius 3 is 0.981 bits per heavy atom. The van der Waals surface area contributed by atoms with Gasteiger partial charge < -0.3 is 9.13 Å². The van der Waals surface area contributed by atoms with Gasteiger partial charge in [-0.2, -0.15) is 0 Å². The molecule has 0 bridgehead atoms. The van der Waals surface area contributed by atoms with Crippen molar-refractivity contribution in [2.45, 2.75) is 0 Å². The third-order valence-corrected chi connectivity index (χ3v) is 10.9. The van der Waals surface area contributed by atoms with Crippen molar-refractivity contribution >= 4 is 65.2 Å². The summed E-state index contributed by atoms with van der Waals surface area (Å²) < 4.78 is 5.04. The van der Waals surface area contributed by atoms with E-state index in [-0.39, 0.29) is 0 Å². The van der Waals surface area contributed by atoms with Crippen LogP contribution < -0.4 is 0 Å². The van der Waals surface area contributed by atoms with Gasteiger partial charge in [0.15, 0.2) is 0 Å². The first-order valence-corrected chi connectivity index (χ1v) is 18.0. The van der Waals surface area contributed by atoms with Crippen molar-refractivity contribution in [3.05, 3.63) is 194 Å². The van der Waals surface area contributed by atoms with Crippen LogP contribution in [0.1, 0.15) is 0 Å². The summed E-state index contributed by atoms with van der Waals surface area (Å²) in [5, 5.41) is 10.1. The molecule has 0 amide bonds. The van der Waals surface area contributed by atoms with Gasteiger partial charge in [0, 0.05) is 32.9 Å². The molecule has 9 aromatic carbocycles. The predicted octanol–water partition coefficient (Wildman–Crippen LogP) is 13.5. The summed E-state index contributed by atoms with van der Waals surface area (Å²) in [5.74, 6) is 0. The van der Waals surface area contributed by atoms with Gasteiger partial charge in [-0.1, -0.05) is 158 Å². The second kappa shape index (κ2) is 11.3. The van der Waals surface area contributed by atoms with Gasteiger partial charge >= 0.3 is 0 Å². The highest BCUT2D eigenvalue weighted by molar-refractivity contribution is 6.32. The van der Waals surface area contributed by atoms with E-state index in [9.17, 15) is 0 Å². The number of fused-ring (bicyclic) bond motifs is 11. The van der Waals surface area contributed by atoms with Crippen molar-refractivity contribution in [2.75, 3.05) is 0 Å². The van der Waals surface area contributed by atoms with E-state index in [2.05, 4.69) is 203 Å². The number of hydrogen-bond donors (Lipinski definition) is 0. The van der Waals surface area contributed by atoms with Crippen LogP contribution in [0.25, 0.3) is 98.8 Å². The quantitative estimate of drug-likeness (QED) is 0.178. The van der Waals surface area contributed by atoms with Crippen LogP contribution in [-0.2, 0) is 0 Å². The summed E-state index contributed by atoms with van der Waals surface area (Å²) in [4.78, 5) is 0. The minimum absolute atomic E-state index is 1.14. The van der Waals surface area contributed by atoms with Crippen molar-refractivity contribution < 1.29 is 0 Å². The average molecular weight is 661 g/mol. The number of para-hydroxylation sites is 2. The molecule has 11 rings (SSSR count). The molecule has 0 saturated carbocycles. The number of benzene rings is 9. The number of hydrogen-bond acceptors (Lipinski definition) is 0. The smallest absolute Gasteiger partial charge is 0.0789 e. The van der Waals surface area contributed by atoms with Crippen LogP contribution in [0.3, 0.4) is 0 Å². The lowest BCUT2D eigenvalue weighted by Gasteiger charge is -2.14. The topological polar surface area (TPSA) is 9.86 Å². The van der Waals surface area contributed by atoms with E-state index >= 15 is 0 Å². The first kappa shape index (κ1) is 28.9. The van der Waals surface area contributed by atoms with Crippen molar-refractivity contribution in [1.29, 1.82) is 0 Å². The Labute approximate surface area is 301 Å². The molecule has 2 nitrogen and oxygen atoms in total. The van der Waals surface area contributed by atoms with E-state index in [1.165, 1.54) is 87.4 Å². The second-order valence-electron chi connectivity index (χ2n) is 13.7. The molecular weight excluding hydrogens is 629 g/mol. The lowest BCUT2D eigenvalue weighted by atomic mass is 9.94. The van der Waals surface area contributed by atoms with Crippen LogP contribution >= 0.6 is 0 Å². The molecule has 0 N–H and O–H groups in total. The third-order valence-electron chi connectivity index (χ3n) is 10.9. The molecule has 0 saturated heterocycles. The molecule has 0 atom stereocenters. The molecule has 11 aromatic rings. The van der Waals surface area contributed by atoms with Gasteiger partial charge in [-0.25, -0.2) is 0 Å². The SMILES string of the molecule is c1ccc(-c2cc3c(c4ccccc24)c2ccc4c5c6ccccc6c(-c6ccccc6)cc5n(-c5ccccc5)c4c2n3-c2ccccc2)cc1. The second-order valence-corrected chi connectivity index (χ2v) is 13.7. The van der Waals surface area contributed by atoms with Gasteiger partial charge in [0.25, 0.3) is 0 Å². The minimum Gasteiger partial charge on any atom is -0.307 e. The predicted molar refractivity (Wildman–Crippen MR) is 221 cm³/mol. The fraction of sp³-hybridized carbons (Fsp3) is 0. The highest BCUT2D eigenvalue weighted by Gasteiger charge is 2.25. The Kier molecular flexibility index (Phi) is 6.28. The van der Waals surface area contributed by atoms with Gasteiger partial charge in [-0.15, -0.1) is 0 Å². The van der Waals surface area contributed by atoms with Gasteiger partial charge in [0.1, 0.15) is 0 Å². The monoisotopic (exact) mass is 660 g/mol. The molecule has 2 heterocycles. The average Bonchev–Trinajstić information content (AvgIpc) is 3.75. The molecule has 52 heavy (non-hydrogen) atoms. The van der Waals surface area contributed by atoms with Crippen LogP contribution in [-0.4, -0.2) is 9.13 Å². The Bertz CT molecular complexity index is 2920. The fourth-order valence-corrected chi connectivity index (χ4v) is 8.72. The van der Waals surface area contributed by atoms with E-state index < -0.39 is 0 Å². The maximum absolute atomic E-state index is 2.52. The summed E-state index contributed by atoms with van der Waals surface area (Å²) in [6.45, 7) is 0. The standard InChI is InChI=1S/C50H32N2/c1-5-17-33(18-6-1)43-31-45-47(39-27-15-13-25-37(39)43)41-29-30-42-48-40-28-16-14-26-38(40)44(34-19-7-2-8-20-34)32-46(48)52(36-23-11-4-12-24-36)50(42)49(41)51(45)35-21-9-3-10-22-35/h1-32H. The van der Waals surface area contributed by atoms with Crippen LogP contribution in [0, 0.1) is 0 Å². The highest BCUT2D eigenvalue weighted by atomic mass is 15.0. The fourth-order valence-electron chi connectivity index (χ4n) is 8.72. The van der Waals surface area contributed by atoms with E-state index in [0.29, 0.717) is 0 Å². The van der Waals surface area contributed by atoms with Gasteiger partial charge in [-0.3, -0.25) is 0 Å². The molecule has 0 aliphatic heterocycles. The minimum atomic E-state index is 1.14. The number of aromatic nitrogens is 2. The third kappa shape index (κ3) is 4.12. The molecule has 2 aromatic heterocycles. The van der Waals surface area contributed by atoms with Crippen LogP contribution in [0.2, 0.25) is 0 Å². The Balaban J connectivity index is 1.42. The molecule has 0 radical (unpaired) electrons. The molecule has 0 aliphatic rings. The maximum atomic E-state index is 2.52. The summed E-state index contributed by atoms with van der Waals surface area (Å²) in [6.07, 6.45) is 0. The number of rotatable bonds is 4. The van der Waals surface area contributed by atoms with Crippen molar-refractivity contribution in [1.82, 2.24) is 9.13 Å². The summed E-state index contributed by atoms with van der Waals surface area (Å²) >= 11 is 0. The van der Waals surface area contributed by atoms with E-state index in [1.54, 1.807) is 0 Å². The molecule has 0 unspecified atom stereocenters. The summed E-state index contributed by atoms with van der Waals surface area (Å²) in [5.41, 5.74) is 12.0. The van der Waals surface area contributed by atoms with E-state index in [0.717, 1.165) is 11.4 Å². The van der Waals surface area contributed by atoms with Gasteiger partial charge in [0.2, 0.25) is 0 Å². The lowest BCUT2D eigenvalue weighted by molar-refractivity contribution is 1.15. The van der Waals surface area contributed by atoms with Gasteiger partial charge in [-0.05, 0) is 80.2 Å². The molecule has 0 spiro atoms. The number of nitrogens with zero attached hydrogens (tertiary/aromatic N) is 2. The molecule has 242 valence electrons. The van der Waals surface area contributed by atoms with Crippen LogP contribution in [0.4, 0.5) is 0 Å². The lowest BCUT2D eigenvalue weighted by Crippen LogP contribution is -1.98. The normalized spacial score (nSPS) is 11.8. The first-order chi connectivity index (χ1) is 25.8. The van der Waals surface area contributed by atoms with Gasteiger partial charge in [0.05, 0.1) is 22.1 Å². The Morgan fingerprint density at radius 2 is 0.596 bits per heavy atom. The zero-order chi connectivity index (χ0) is 34.2. The zero-order valence-electron chi connectivity index (χ0n) is 28.4. The summed E-state index contributed by atoms with van der Waals surface area (Å²) in [7, 11) is 0. The largest absolute Gasteiger partial charge is 0.307 e. The van der Waals surface area contributed by atoms with Crippen molar-refractivity contribution in [3.8, 4) is 33.6 Å². The molecular formula is C50H32N2. The summed E-state index contributed by atoms with van der Waals surface area (Å²) in [6, 6.07) is 70.9. The van der Waals surface area contributed by atoms with E-state index in [1.807, 2.05) is 0 Å². The zero-order valence-corrected chi connectivity index (χ0v) is 28.4. The molecule has 0 fully saturated rings. The first-order valence-electron chi connectivity index (χ1n) is 18.0. The van der Waals surface area contributed by atoms with Crippen LogP contribution in [0.15, 0.2) is 194 Å². The Morgan fingerprint density at radius 1 is 0.269 bits per heavy atom. The molecule has 2 heteroatoms.